The Morgan fingerprint density at radius 2 is 2.17 bits per heavy atom. The van der Waals surface area contributed by atoms with Crippen LogP contribution in [-0.2, 0) is 11.3 Å². The SMILES string of the molecule is Cc1ccc2nc(C(C)C)n(C[C@@H]3CCO3)c2n1. The van der Waals surface area contributed by atoms with Crippen LogP contribution in [-0.4, -0.2) is 27.2 Å². The predicted molar refractivity (Wildman–Crippen MR) is 70.7 cm³/mol. The van der Waals surface area contributed by atoms with Gasteiger partial charge in [-0.05, 0) is 25.5 Å². The Hall–Kier alpha value is -1.42. The largest absolute Gasteiger partial charge is 0.376 e. The third-order valence-electron chi connectivity index (χ3n) is 3.46. The minimum atomic E-state index is 0.335. The van der Waals surface area contributed by atoms with Crippen LogP contribution in [0.15, 0.2) is 12.1 Å². The van der Waals surface area contributed by atoms with Crippen LogP contribution in [0.25, 0.3) is 11.2 Å². The van der Waals surface area contributed by atoms with E-state index in [0.29, 0.717) is 12.0 Å². The Morgan fingerprint density at radius 3 is 2.78 bits per heavy atom. The lowest BCUT2D eigenvalue weighted by molar-refractivity contribution is -0.0591. The van der Waals surface area contributed by atoms with Gasteiger partial charge in [0, 0.05) is 18.2 Å². The van der Waals surface area contributed by atoms with Gasteiger partial charge in [0.2, 0.25) is 0 Å². The van der Waals surface area contributed by atoms with Crippen molar-refractivity contribution < 1.29 is 4.74 Å². The van der Waals surface area contributed by atoms with Crippen molar-refractivity contribution in [3.05, 3.63) is 23.7 Å². The van der Waals surface area contributed by atoms with Crippen LogP contribution in [0.5, 0.6) is 0 Å². The average molecular weight is 245 g/mol. The summed E-state index contributed by atoms with van der Waals surface area (Å²) < 4.78 is 7.77. The van der Waals surface area contributed by atoms with Gasteiger partial charge >= 0.3 is 0 Å². The molecule has 0 N–H and O–H groups in total. The lowest BCUT2D eigenvalue weighted by Gasteiger charge is -2.27. The lowest BCUT2D eigenvalue weighted by Crippen LogP contribution is -2.32. The molecule has 2 aromatic heterocycles. The van der Waals surface area contributed by atoms with Gasteiger partial charge in [-0.25, -0.2) is 9.97 Å². The highest BCUT2D eigenvalue weighted by Crippen LogP contribution is 2.23. The number of pyridine rings is 1. The first-order valence-corrected chi connectivity index (χ1v) is 6.60. The molecule has 0 saturated carbocycles. The van der Waals surface area contributed by atoms with Crippen LogP contribution in [0.3, 0.4) is 0 Å². The van der Waals surface area contributed by atoms with Crippen LogP contribution in [0.4, 0.5) is 0 Å². The van der Waals surface area contributed by atoms with Crippen molar-refractivity contribution in [3.8, 4) is 0 Å². The number of nitrogens with zero attached hydrogens (tertiary/aromatic N) is 3. The van der Waals surface area contributed by atoms with Crippen LogP contribution >= 0.6 is 0 Å². The Balaban J connectivity index is 2.10. The van der Waals surface area contributed by atoms with Gasteiger partial charge in [0.15, 0.2) is 5.65 Å². The number of rotatable bonds is 3. The van der Waals surface area contributed by atoms with E-state index in [-0.39, 0.29) is 0 Å². The highest BCUT2D eigenvalue weighted by Gasteiger charge is 2.23. The second kappa shape index (κ2) is 4.35. The van der Waals surface area contributed by atoms with Gasteiger partial charge < -0.3 is 9.30 Å². The Kier molecular flexibility index (Phi) is 2.82. The smallest absolute Gasteiger partial charge is 0.160 e. The number of fused-ring (bicyclic) bond motifs is 1. The molecule has 4 nitrogen and oxygen atoms in total. The Morgan fingerprint density at radius 1 is 1.39 bits per heavy atom. The monoisotopic (exact) mass is 245 g/mol. The molecule has 2 aromatic rings. The summed E-state index contributed by atoms with van der Waals surface area (Å²) in [5.41, 5.74) is 3.02. The summed E-state index contributed by atoms with van der Waals surface area (Å²) in [5.74, 6) is 1.51. The lowest BCUT2D eigenvalue weighted by atomic mass is 10.1. The van der Waals surface area contributed by atoms with E-state index in [9.17, 15) is 0 Å². The first kappa shape index (κ1) is 11.7. The molecule has 1 fully saturated rings. The van der Waals surface area contributed by atoms with Crippen molar-refractivity contribution in [3.63, 3.8) is 0 Å². The molecular weight excluding hydrogens is 226 g/mol. The summed E-state index contributed by atoms with van der Waals surface area (Å²) in [6.45, 7) is 8.13. The number of hydrogen-bond acceptors (Lipinski definition) is 3. The Bertz CT molecular complexity index is 570. The highest BCUT2D eigenvalue weighted by molar-refractivity contribution is 5.71. The first-order chi connectivity index (χ1) is 8.65. The molecule has 0 aliphatic carbocycles. The fourth-order valence-electron chi connectivity index (χ4n) is 2.37. The maximum atomic E-state index is 5.54. The van der Waals surface area contributed by atoms with Crippen molar-refractivity contribution in [1.29, 1.82) is 0 Å². The molecule has 0 unspecified atom stereocenters. The third kappa shape index (κ3) is 1.90. The first-order valence-electron chi connectivity index (χ1n) is 6.60. The molecule has 3 heterocycles. The molecule has 0 bridgehead atoms. The molecule has 18 heavy (non-hydrogen) atoms. The fourth-order valence-corrected chi connectivity index (χ4v) is 2.37. The van der Waals surface area contributed by atoms with E-state index in [1.807, 2.05) is 13.0 Å². The van der Waals surface area contributed by atoms with E-state index < -0.39 is 0 Å². The van der Waals surface area contributed by atoms with E-state index >= 15 is 0 Å². The number of imidazole rings is 1. The average Bonchev–Trinajstić information content (AvgIpc) is 2.61. The normalized spacial score (nSPS) is 19.4. The van der Waals surface area contributed by atoms with Crippen molar-refractivity contribution >= 4 is 11.2 Å². The molecule has 0 amide bonds. The quantitative estimate of drug-likeness (QED) is 0.834. The van der Waals surface area contributed by atoms with Gasteiger partial charge in [-0.3, -0.25) is 0 Å². The molecule has 0 radical (unpaired) electrons. The summed E-state index contributed by atoms with van der Waals surface area (Å²) in [6, 6.07) is 4.07. The maximum Gasteiger partial charge on any atom is 0.160 e. The van der Waals surface area contributed by atoms with Crippen molar-refractivity contribution in [2.45, 2.75) is 45.8 Å². The molecule has 3 rings (SSSR count). The highest BCUT2D eigenvalue weighted by atomic mass is 16.5. The van der Waals surface area contributed by atoms with Crippen molar-refractivity contribution in [2.24, 2.45) is 0 Å². The van der Waals surface area contributed by atoms with E-state index in [0.717, 1.165) is 42.3 Å². The predicted octanol–water partition coefficient (Wildman–Crippen LogP) is 2.65. The van der Waals surface area contributed by atoms with Crippen LogP contribution in [0.1, 0.15) is 37.7 Å². The summed E-state index contributed by atoms with van der Waals surface area (Å²) >= 11 is 0. The van der Waals surface area contributed by atoms with E-state index in [1.54, 1.807) is 0 Å². The second-order valence-corrected chi connectivity index (χ2v) is 5.31. The fraction of sp³-hybridized carbons (Fsp3) is 0.571. The van der Waals surface area contributed by atoms with Crippen LogP contribution < -0.4 is 0 Å². The molecule has 1 saturated heterocycles. The van der Waals surface area contributed by atoms with Crippen molar-refractivity contribution in [2.75, 3.05) is 6.61 Å². The number of aromatic nitrogens is 3. The van der Waals surface area contributed by atoms with E-state index in [2.05, 4.69) is 29.5 Å². The van der Waals surface area contributed by atoms with Gasteiger partial charge in [-0.2, -0.15) is 0 Å². The second-order valence-electron chi connectivity index (χ2n) is 5.31. The van der Waals surface area contributed by atoms with E-state index in [1.165, 1.54) is 0 Å². The van der Waals surface area contributed by atoms with Crippen LogP contribution in [0.2, 0.25) is 0 Å². The summed E-state index contributed by atoms with van der Waals surface area (Å²) in [7, 11) is 0. The molecular formula is C14H19N3O. The minimum absolute atomic E-state index is 0.335. The standard InChI is InChI=1S/C14H19N3O/c1-9(2)13-16-12-5-4-10(3)15-14(12)17(13)8-11-6-7-18-11/h4-5,9,11H,6-8H2,1-3H3/t11-/m0/s1. The maximum absolute atomic E-state index is 5.54. The molecule has 0 spiro atoms. The molecule has 1 aliphatic heterocycles. The minimum Gasteiger partial charge on any atom is -0.376 e. The number of aryl methyl sites for hydroxylation is 1. The van der Waals surface area contributed by atoms with Gasteiger partial charge in [0.25, 0.3) is 0 Å². The zero-order chi connectivity index (χ0) is 12.7. The molecule has 4 heteroatoms. The van der Waals surface area contributed by atoms with Gasteiger partial charge in [-0.15, -0.1) is 0 Å². The zero-order valence-electron chi connectivity index (χ0n) is 11.2. The zero-order valence-corrected chi connectivity index (χ0v) is 11.2. The molecule has 1 atom stereocenters. The molecule has 96 valence electrons. The van der Waals surface area contributed by atoms with Gasteiger partial charge in [0.1, 0.15) is 11.3 Å². The Labute approximate surface area is 107 Å². The van der Waals surface area contributed by atoms with E-state index in [4.69, 9.17) is 9.72 Å². The topological polar surface area (TPSA) is 39.9 Å². The molecule has 1 aliphatic rings. The summed E-state index contributed by atoms with van der Waals surface area (Å²) in [4.78, 5) is 9.34. The van der Waals surface area contributed by atoms with Gasteiger partial charge in [-0.1, -0.05) is 13.8 Å². The van der Waals surface area contributed by atoms with Crippen LogP contribution in [0, 0.1) is 6.92 Å². The number of ether oxygens (including phenoxy) is 1. The summed E-state index contributed by atoms with van der Waals surface area (Å²) in [6.07, 6.45) is 1.48. The van der Waals surface area contributed by atoms with Crippen molar-refractivity contribution in [1.82, 2.24) is 14.5 Å². The number of hydrogen-bond donors (Lipinski definition) is 0. The third-order valence-corrected chi connectivity index (χ3v) is 3.46. The molecule has 0 aromatic carbocycles. The summed E-state index contributed by atoms with van der Waals surface area (Å²) in [5, 5.41) is 0. The van der Waals surface area contributed by atoms with Gasteiger partial charge in [0.05, 0.1) is 12.6 Å².